The van der Waals surface area contributed by atoms with E-state index in [-0.39, 0.29) is 33.4 Å². The van der Waals surface area contributed by atoms with Crippen molar-refractivity contribution in [2.45, 2.75) is 13.8 Å². The van der Waals surface area contributed by atoms with Crippen LogP contribution in [0.15, 0.2) is 71.4 Å². The summed E-state index contributed by atoms with van der Waals surface area (Å²) in [7, 11) is 1.38. The van der Waals surface area contributed by atoms with Gasteiger partial charge < -0.3 is 15.4 Å². The summed E-state index contributed by atoms with van der Waals surface area (Å²) in [5.41, 5.74) is 2.37. The lowest BCUT2D eigenvalue weighted by Gasteiger charge is -2.16. The van der Waals surface area contributed by atoms with E-state index >= 15 is 0 Å². The molecular weight excluding hydrogens is 500 g/mol. The average Bonchev–Trinajstić information content (AvgIpc) is 3.08. The van der Waals surface area contributed by atoms with E-state index in [1.807, 2.05) is 6.92 Å². The first-order chi connectivity index (χ1) is 17.6. The number of nitrogens with one attached hydrogen (secondary N) is 2. The van der Waals surface area contributed by atoms with Crippen molar-refractivity contribution >= 4 is 52.1 Å². The van der Waals surface area contributed by atoms with Crippen molar-refractivity contribution in [2.75, 3.05) is 22.6 Å². The number of non-ortho nitro benzene ring substituents is 1. The van der Waals surface area contributed by atoms with Crippen LogP contribution in [0.2, 0.25) is 0 Å². The monoisotopic (exact) mass is 520 g/mol. The van der Waals surface area contributed by atoms with Crippen LogP contribution in [0.25, 0.3) is 0 Å². The molecule has 0 saturated carbocycles. The number of methoxy groups -OCH3 is 1. The molecule has 1 aliphatic heterocycles. The van der Waals surface area contributed by atoms with Crippen molar-refractivity contribution in [3.05, 3.63) is 98.2 Å². The zero-order chi connectivity index (χ0) is 26.9. The van der Waals surface area contributed by atoms with Gasteiger partial charge in [0.05, 0.1) is 23.4 Å². The molecule has 0 aliphatic carbocycles. The number of carbonyl (C=O) groups is 3. The summed E-state index contributed by atoms with van der Waals surface area (Å²) in [5, 5.41) is 16.4. The SMILES string of the molecule is COc1ccc([N+](=O)[O-])cc1NC(=O)c1ccc(C)c(NC2=C(Cl)C(=O)N(c3ccc(C)cc3)C2=O)c1. The smallest absolute Gasteiger partial charge is 0.283 e. The molecule has 37 heavy (non-hydrogen) atoms. The second kappa shape index (κ2) is 10.1. The molecule has 188 valence electrons. The summed E-state index contributed by atoms with van der Waals surface area (Å²) in [6, 6.07) is 15.4. The number of rotatable bonds is 7. The highest BCUT2D eigenvalue weighted by Crippen LogP contribution is 2.32. The maximum absolute atomic E-state index is 13.1. The lowest BCUT2D eigenvalue weighted by atomic mass is 10.1. The third-order valence-corrected chi connectivity index (χ3v) is 6.07. The van der Waals surface area contributed by atoms with Crippen molar-refractivity contribution in [2.24, 2.45) is 0 Å². The van der Waals surface area contributed by atoms with Crippen LogP contribution in [-0.4, -0.2) is 29.8 Å². The Hall–Kier alpha value is -4.70. The van der Waals surface area contributed by atoms with E-state index in [9.17, 15) is 24.5 Å². The number of nitro groups is 1. The van der Waals surface area contributed by atoms with Crippen molar-refractivity contribution < 1.29 is 24.0 Å². The number of carbonyl (C=O) groups excluding carboxylic acids is 3. The third-order valence-electron chi connectivity index (χ3n) is 5.72. The molecule has 3 amide bonds. The molecule has 0 spiro atoms. The van der Waals surface area contributed by atoms with Crippen LogP contribution in [0.4, 0.5) is 22.7 Å². The third kappa shape index (κ3) is 5.00. The highest BCUT2D eigenvalue weighted by atomic mass is 35.5. The Bertz CT molecular complexity index is 1480. The molecule has 1 aliphatic rings. The summed E-state index contributed by atoms with van der Waals surface area (Å²) in [6.07, 6.45) is 0. The molecule has 2 N–H and O–H groups in total. The fourth-order valence-electron chi connectivity index (χ4n) is 3.67. The van der Waals surface area contributed by atoms with Crippen LogP contribution in [0, 0.1) is 24.0 Å². The summed E-state index contributed by atoms with van der Waals surface area (Å²) < 4.78 is 5.19. The maximum atomic E-state index is 13.1. The molecule has 3 aromatic carbocycles. The van der Waals surface area contributed by atoms with Gasteiger partial charge in [0.25, 0.3) is 23.4 Å². The lowest BCUT2D eigenvalue weighted by Crippen LogP contribution is -2.32. The maximum Gasteiger partial charge on any atom is 0.283 e. The average molecular weight is 521 g/mol. The van der Waals surface area contributed by atoms with E-state index in [2.05, 4.69) is 10.6 Å². The van der Waals surface area contributed by atoms with Gasteiger partial charge in [-0.2, -0.15) is 0 Å². The molecular formula is C26H21ClN4O6. The fraction of sp³-hybridized carbons (Fsp3) is 0.115. The number of nitro benzene ring substituents is 1. The Balaban J connectivity index is 1.60. The van der Waals surface area contributed by atoms with Crippen molar-refractivity contribution in [1.29, 1.82) is 0 Å². The van der Waals surface area contributed by atoms with Gasteiger partial charge in [-0.15, -0.1) is 0 Å². The molecule has 0 unspecified atom stereocenters. The van der Waals surface area contributed by atoms with Gasteiger partial charge in [-0.3, -0.25) is 24.5 Å². The molecule has 10 nitrogen and oxygen atoms in total. The molecule has 3 aromatic rings. The number of halogens is 1. The molecule has 11 heteroatoms. The van der Waals surface area contributed by atoms with Crippen molar-refractivity contribution in [3.63, 3.8) is 0 Å². The van der Waals surface area contributed by atoms with Gasteiger partial charge in [-0.1, -0.05) is 35.4 Å². The Labute approximate surface area is 216 Å². The van der Waals surface area contributed by atoms with Crippen molar-refractivity contribution in [1.82, 2.24) is 0 Å². The number of hydrogen-bond acceptors (Lipinski definition) is 7. The second-order valence-electron chi connectivity index (χ2n) is 8.22. The molecule has 1 heterocycles. The van der Waals surface area contributed by atoms with E-state index in [0.717, 1.165) is 10.5 Å². The zero-order valence-electron chi connectivity index (χ0n) is 20.0. The number of benzene rings is 3. The first-order valence-electron chi connectivity index (χ1n) is 11.0. The largest absolute Gasteiger partial charge is 0.495 e. The number of imide groups is 1. The molecule has 0 bridgehead atoms. The number of anilines is 3. The number of ether oxygens (including phenoxy) is 1. The highest BCUT2D eigenvalue weighted by Gasteiger charge is 2.39. The van der Waals surface area contributed by atoms with E-state index in [0.29, 0.717) is 16.9 Å². The highest BCUT2D eigenvalue weighted by molar-refractivity contribution is 6.53. The molecule has 4 rings (SSSR count). The van der Waals surface area contributed by atoms with E-state index in [1.165, 1.54) is 31.4 Å². The van der Waals surface area contributed by atoms with Crippen molar-refractivity contribution in [3.8, 4) is 5.75 Å². The first-order valence-corrected chi connectivity index (χ1v) is 11.3. The molecule has 0 radical (unpaired) electrons. The van der Waals surface area contributed by atoms with Gasteiger partial charge >= 0.3 is 0 Å². The van der Waals surface area contributed by atoms with Crippen LogP contribution in [0.3, 0.4) is 0 Å². The Morgan fingerprint density at radius 3 is 2.32 bits per heavy atom. The normalized spacial score (nSPS) is 13.1. The summed E-state index contributed by atoms with van der Waals surface area (Å²) in [6.45, 7) is 3.64. The van der Waals surface area contributed by atoms with Crippen LogP contribution >= 0.6 is 11.6 Å². The first kappa shape index (κ1) is 25.4. The predicted molar refractivity (Wildman–Crippen MR) is 139 cm³/mol. The predicted octanol–water partition coefficient (Wildman–Crippen LogP) is 4.91. The number of amides is 3. The van der Waals surface area contributed by atoms with Gasteiger partial charge in [0.15, 0.2) is 0 Å². The van der Waals surface area contributed by atoms with Crippen LogP contribution in [0.1, 0.15) is 21.5 Å². The molecule has 0 saturated heterocycles. The minimum Gasteiger partial charge on any atom is -0.495 e. The van der Waals surface area contributed by atoms with Gasteiger partial charge in [0.2, 0.25) is 0 Å². The van der Waals surface area contributed by atoms with Gasteiger partial charge in [-0.25, -0.2) is 4.90 Å². The molecule has 0 atom stereocenters. The number of nitrogens with zero attached hydrogens (tertiary/aromatic N) is 2. The summed E-state index contributed by atoms with van der Waals surface area (Å²) in [4.78, 5) is 50.4. The standard InChI is InChI=1S/C26H21ClN4O6/c1-14-4-8-17(9-5-14)30-25(33)22(27)23(26(30)34)28-19-12-16(7-6-15(19)2)24(32)29-20-13-18(31(35)36)10-11-21(20)37-3/h4-13,28H,1-3H3,(H,29,32). The van der Waals surface area contributed by atoms with E-state index in [1.54, 1.807) is 43.3 Å². The minimum atomic E-state index is -0.665. The van der Waals surface area contributed by atoms with Gasteiger partial charge in [-0.05, 0) is 49.7 Å². The van der Waals surface area contributed by atoms with E-state index in [4.69, 9.17) is 16.3 Å². The quantitative estimate of drug-likeness (QED) is 0.257. The fourth-order valence-corrected chi connectivity index (χ4v) is 3.89. The van der Waals surface area contributed by atoms with Crippen LogP contribution < -0.4 is 20.3 Å². The summed E-state index contributed by atoms with van der Waals surface area (Å²) >= 11 is 6.24. The second-order valence-corrected chi connectivity index (χ2v) is 8.60. The van der Waals surface area contributed by atoms with Crippen LogP contribution in [0.5, 0.6) is 5.75 Å². The number of aryl methyl sites for hydroxylation is 2. The topological polar surface area (TPSA) is 131 Å². The number of hydrogen-bond donors (Lipinski definition) is 2. The Morgan fingerprint density at radius 1 is 0.973 bits per heavy atom. The van der Waals surface area contributed by atoms with E-state index < -0.39 is 22.6 Å². The Morgan fingerprint density at radius 2 is 1.68 bits per heavy atom. The van der Waals surface area contributed by atoms with Gasteiger partial charge in [0, 0.05) is 23.4 Å². The molecule has 0 fully saturated rings. The Kier molecular flexibility index (Phi) is 6.94. The summed E-state index contributed by atoms with van der Waals surface area (Å²) in [5.74, 6) is -1.62. The van der Waals surface area contributed by atoms with Gasteiger partial charge in [0.1, 0.15) is 16.5 Å². The lowest BCUT2D eigenvalue weighted by molar-refractivity contribution is -0.384. The zero-order valence-corrected chi connectivity index (χ0v) is 20.8. The van der Waals surface area contributed by atoms with Crippen LogP contribution in [-0.2, 0) is 9.59 Å². The molecule has 0 aromatic heterocycles. The minimum absolute atomic E-state index is 0.117.